The summed E-state index contributed by atoms with van der Waals surface area (Å²) in [6.45, 7) is 4.46. The van der Waals surface area contributed by atoms with Gasteiger partial charge in [-0.1, -0.05) is 0 Å². The first-order valence-corrected chi connectivity index (χ1v) is 6.46. The first-order chi connectivity index (χ1) is 9.49. The molecule has 0 spiro atoms. The van der Waals surface area contributed by atoms with E-state index in [0.29, 0.717) is 31.7 Å². The number of carbonyl (C=O) groups excluding carboxylic acids is 1. The fourth-order valence-electron chi connectivity index (χ4n) is 2.21. The van der Waals surface area contributed by atoms with Gasteiger partial charge in [-0.3, -0.25) is 14.5 Å². The normalized spacial score (nSPS) is 17.8. The van der Waals surface area contributed by atoms with Crippen LogP contribution in [0.5, 0.6) is 0 Å². The molecule has 7 nitrogen and oxygen atoms in total. The van der Waals surface area contributed by atoms with Crippen LogP contribution in [0.15, 0.2) is 18.3 Å². The number of piperazine rings is 1. The first-order valence-electron chi connectivity index (χ1n) is 6.46. The Balaban J connectivity index is 1.96. The van der Waals surface area contributed by atoms with E-state index >= 15 is 0 Å². The molecule has 0 saturated carbocycles. The van der Waals surface area contributed by atoms with Crippen LogP contribution in [0.2, 0.25) is 0 Å². The number of aliphatic carboxylic acids is 1. The molecule has 2 heterocycles. The second-order valence-electron chi connectivity index (χ2n) is 4.81. The van der Waals surface area contributed by atoms with E-state index in [9.17, 15) is 9.59 Å². The van der Waals surface area contributed by atoms with Crippen molar-refractivity contribution in [2.75, 3.05) is 31.1 Å². The number of amides is 1. The number of hydrogen-bond donors (Lipinski definition) is 2. The quantitative estimate of drug-likeness (QED) is 0.789. The fraction of sp³-hybridized carbons (Fsp3) is 0.462. The number of primary amides is 1. The summed E-state index contributed by atoms with van der Waals surface area (Å²) in [6, 6.07) is 2.94. The third-order valence-corrected chi connectivity index (χ3v) is 3.58. The van der Waals surface area contributed by atoms with Gasteiger partial charge in [-0.05, 0) is 19.1 Å². The van der Waals surface area contributed by atoms with Crippen LogP contribution in [-0.2, 0) is 4.79 Å². The number of carboxylic acids is 1. The third kappa shape index (κ3) is 3.05. The topological polar surface area (TPSA) is 99.8 Å². The van der Waals surface area contributed by atoms with E-state index in [2.05, 4.69) is 9.88 Å². The largest absolute Gasteiger partial charge is 0.480 e. The molecule has 1 fully saturated rings. The number of nitrogens with zero attached hydrogens (tertiary/aromatic N) is 3. The standard InChI is InChI=1S/C13H18N4O3/c1-9(13(19)20)16-4-6-17(7-5-16)11-3-2-10(8-15-11)12(14)18/h2-3,8-9H,4-7H2,1H3,(H2,14,18)(H,19,20). The Morgan fingerprint density at radius 1 is 1.30 bits per heavy atom. The molecule has 1 amide bonds. The maximum Gasteiger partial charge on any atom is 0.320 e. The summed E-state index contributed by atoms with van der Waals surface area (Å²) in [6.07, 6.45) is 1.46. The molecule has 1 aromatic heterocycles. The molecule has 0 aliphatic carbocycles. The zero-order chi connectivity index (χ0) is 14.7. The molecule has 1 aliphatic heterocycles. The van der Waals surface area contributed by atoms with E-state index in [4.69, 9.17) is 10.8 Å². The van der Waals surface area contributed by atoms with E-state index in [1.54, 1.807) is 19.1 Å². The van der Waals surface area contributed by atoms with Gasteiger partial charge in [-0.15, -0.1) is 0 Å². The Labute approximate surface area is 117 Å². The van der Waals surface area contributed by atoms with Crippen LogP contribution in [0.1, 0.15) is 17.3 Å². The van der Waals surface area contributed by atoms with Gasteiger partial charge in [0.1, 0.15) is 11.9 Å². The Bertz CT molecular complexity index is 495. The van der Waals surface area contributed by atoms with E-state index in [1.165, 1.54) is 6.20 Å². The van der Waals surface area contributed by atoms with Crippen molar-refractivity contribution < 1.29 is 14.7 Å². The van der Waals surface area contributed by atoms with Crippen molar-refractivity contribution >= 4 is 17.7 Å². The van der Waals surface area contributed by atoms with Crippen molar-refractivity contribution in [2.24, 2.45) is 5.73 Å². The van der Waals surface area contributed by atoms with Crippen LogP contribution in [-0.4, -0.2) is 59.1 Å². The molecule has 0 bridgehead atoms. The van der Waals surface area contributed by atoms with Crippen LogP contribution in [0, 0.1) is 0 Å². The Hall–Kier alpha value is -2.15. The second-order valence-corrected chi connectivity index (χ2v) is 4.81. The molecule has 1 atom stereocenters. The molecule has 0 radical (unpaired) electrons. The average molecular weight is 278 g/mol. The van der Waals surface area contributed by atoms with Crippen molar-refractivity contribution in [1.82, 2.24) is 9.88 Å². The molecule has 3 N–H and O–H groups in total. The summed E-state index contributed by atoms with van der Waals surface area (Å²) in [5, 5.41) is 8.99. The summed E-state index contributed by atoms with van der Waals surface area (Å²) in [4.78, 5) is 30.1. The lowest BCUT2D eigenvalue weighted by atomic mass is 10.2. The van der Waals surface area contributed by atoms with Crippen molar-refractivity contribution in [3.8, 4) is 0 Å². The van der Waals surface area contributed by atoms with Crippen molar-refractivity contribution in [1.29, 1.82) is 0 Å². The smallest absolute Gasteiger partial charge is 0.320 e. The SMILES string of the molecule is CC(C(=O)O)N1CCN(c2ccc(C(N)=O)cn2)CC1. The second kappa shape index (κ2) is 5.87. The lowest BCUT2D eigenvalue weighted by Crippen LogP contribution is -2.51. The Morgan fingerprint density at radius 3 is 2.40 bits per heavy atom. The highest BCUT2D eigenvalue weighted by Gasteiger charge is 2.25. The van der Waals surface area contributed by atoms with Crippen molar-refractivity contribution in [3.05, 3.63) is 23.9 Å². The molecular weight excluding hydrogens is 260 g/mol. The van der Waals surface area contributed by atoms with Gasteiger partial charge in [0.05, 0.1) is 5.56 Å². The zero-order valence-electron chi connectivity index (χ0n) is 11.3. The minimum Gasteiger partial charge on any atom is -0.480 e. The average Bonchev–Trinajstić information content (AvgIpc) is 2.46. The number of anilines is 1. The predicted molar refractivity (Wildman–Crippen MR) is 73.6 cm³/mol. The van der Waals surface area contributed by atoms with Gasteiger partial charge in [0, 0.05) is 32.4 Å². The summed E-state index contributed by atoms with van der Waals surface area (Å²) < 4.78 is 0. The van der Waals surface area contributed by atoms with Gasteiger partial charge < -0.3 is 15.7 Å². The fourth-order valence-corrected chi connectivity index (χ4v) is 2.21. The summed E-state index contributed by atoms with van der Waals surface area (Å²) in [5.41, 5.74) is 5.55. The van der Waals surface area contributed by atoms with Crippen LogP contribution in [0.4, 0.5) is 5.82 Å². The van der Waals surface area contributed by atoms with Crippen LogP contribution in [0.25, 0.3) is 0 Å². The lowest BCUT2D eigenvalue weighted by Gasteiger charge is -2.37. The number of hydrogen-bond acceptors (Lipinski definition) is 5. The maximum atomic E-state index is 11.0. The van der Waals surface area contributed by atoms with Crippen molar-refractivity contribution in [3.63, 3.8) is 0 Å². The molecule has 1 unspecified atom stereocenters. The lowest BCUT2D eigenvalue weighted by molar-refractivity contribution is -0.142. The highest BCUT2D eigenvalue weighted by Crippen LogP contribution is 2.15. The van der Waals surface area contributed by atoms with Gasteiger partial charge in [0.15, 0.2) is 0 Å². The molecule has 1 saturated heterocycles. The Kier molecular flexibility index (Phi) is 4.19. The summed E-state index contributed by atoms with van der Waals surface area (Å²) >= 11 is 0. The number of rotatable bonds is 4. The van der Waals surface area contributed by atoms with Gasteiger partial charge >= 0.3 is 5.97 Å². The number of nitrogens with two attached hydrogens (primary N) is 1. The minimum absolute atomic E-state index is 0.381. The molecule has 2 rings (SSSR count). The molecule has 0 aromatic carbocycles. The third-order valence-electron chi connectivity index (χ3n) is 3.58. The molecule has 7 heteroatoms. The van der Waals surface area contributed by atoms with Gasteiger partial charge in [-0.2, -0.15) is 0 Å². The molecule has 1 aromatic rings. The van der Waals surface area contributed by atoms with Gasteiger partial charge in [0.2, 0.25) is 5.91 Å². The van der Waals surface area contributed by atoms with Gasteiger partial charge in [-0.25, -0.2) is 4.98 Å². The first kappa shape index (κ1) is 14.3. The highest BCUT2D eigenvalue weighted by atomic mass is 16.4. The summed E-state index contributed by atoms with van der Waals surface area (Å²) in [5.74, 6) is -0.524. The van der Waals surface area contributed by atoms with Gasteiger partial charge in [0.25, 0.3) is 0 Å². The van der Waals surface area contributed by atoms with Crippen LogP contribution in [0.3, 0.4) is 0 Å². The predicted octanol–water partition coefficient (Wildman–Crippen LogP) is -0.224. The highest BCUT2D eigenvalue weighted by molar-refractivity contribution is 5.92. The molecule has 108 valence electrons. The number of aromatic nitrogens is 1. The Morgan fingerprint density at radius 2 is 1.95 bits per heavy atom. The van der Waals surface area contributed by atoms with Crippen molar-refractivity contribution in [2.45, 2.75) is 13.0 Å². The van der Waals surface area contributed by atoms with E-state index in [-0.39, 0.29) is 0 Å². The molecule has 20 heavy (non-hydrogen) atoms. The molecular formula is C13H18N4O3. The van der Waals surface area contributed by atoms with E-state index in [1.807, 2.05) is 4.90 Å². The van der Waals surface area contributed by atoms with Crippen LogP contribution >= 0.6 is 0 Å². The number of carbonyl (C=O) groups is 2. The number of pyridine rings is 1. The zero-order valence-corrected chi connectivity index (χ0v) is 11.3. The summed E-state index contributed by atoms with van der Waals surface area (Å²) in [7, 11) is 0. The number of carboxylic acid groups (broad SMARTS) is 1. The maximum absolute atomic E-state index is 11.0. The minimum atomic E-state index is -0.803. The van der Waals surface area contributed by atoms with E-state index in [0.717, 1.165) is 5.82 Å². The monoisotopic (exact) mass is 278 g/mol. The van der Waals surface area contributed by atoms with Crippen LogP contribution < -0.4 is 10.6 Å². The van der Waals surface area contributed by atoms with E-state index < -0.39 is 17.9 Å². The molecule has 1 aliphatic rings.